The molecule has 1 spiro atoms. The molecule has 5 heteroatoms. The second kappa shape index (κ2) is 7.08. The Morgan fingerprint density at radius 2 is 1.70 bits per heavy atom. The lowest BCUT2D eigenvalue weighted by molar-refractivity contribution is -0.144. The zero-order chi connectivity index (χ0) is 21.1. The molecule has 0 radical (unpaired) electrons. The van der Waals surface area contributed by atoms with E-state index in [0.29, 0.717) is 29.7 Å². The summed E-state index contributed by atoms with van der Waals surface area (Å²) in [5.41, 5.74) is 2.25. The predicted octanol–water partition coefficient (Wildman–Crippen LogP) is 4.12. The second-order valence-electron chi connectivity index (χ2n) is 10.5. The summed E-state index contributed by atoms with van der Waals surface area (Å²) < 4.78 is 0. The number of nitrogens with zero attached hydrogens (tertiary/aromatic N) is 1. The molecular formula is C25H33NO4. The smallest absolute Gasteiger partial charge is 0.335 e. The number of aryl methyl sites for hydroxylation is 1. The highest BCUT2D eigenvalue weighted by Gasteiger charge is 2.59. The monoisotopic (exact) mass is 411 g/mol. The van der Waals surface area contributed by atoms with Crippen LogP contribution in [0.15, 0.2) is 18.2 Å². The van der Waals surface area contributed by atoms with Crippen LogP contribution in [0.2, 0.25) is 0 Å². The summed E-state index contributed by atoms with van der Waals surface area (Å²) in [6, 6.07) is 5.59. The Hall–Kier alpha value is -1.88. The molecule has 1 heterocycles. The Morgan fingerprint density at radius 3 is 2.27 bits per heavy atom. The SMILES string of the molecule is Cc1cc(C(=O)O)ccc1C1CCC([C@H]2CC23CCN(C(=O)C2(O)CC2)CC3)CC1. The number of carbonyl (C=O) groups excluding carboxylic acids is 1. The summed E-state index contributed by atoms with van der Waals surface area (Å²) in [5.74, 6) is 1.29. The van der Waals surface area contributed by atoms with Gasteiger partial charge in [-0.1, -0.05) is 6.07 Å². The first kappa shape index (κ1) is 20.0. The van der Waals surface area contributed by atoms with E-state index in [-0.39, 0.29) is 5.91 Å². The molecule has 3 saturated carbocycles. The van der Waals surface area contributed by atoms with Gasteiger partial charge >= 0.3 is 5.97 Å². The number of carboxylic acid groups (broad SMARTS) is 1. The summed E-state index contributed by atoms with van der Waals surface area (Å²) in [4.78, 5) is 25.5. The normalized spacial score (nSPS) is 31.4. The van der Waals surface area contributed by atoms with Crippen molar-refractivity contribution < 1.29 is 19.8 Å². The Bertz CT molecular complexity index is 858. The van der Waals surface area contributed by atoms with E-state index in [1.54, 1.807) is 6.07 Å². The third kappa shape index (κ3) is 3.45. The van der Waals surface area contributed by atoms with Crippen molar-refractivity contribution in [2.24, 2.45) is 17.3 Å². The van der Waals surface area contributed by atoms with Crippen molar-refractivity contribution in [3.05, 3.63) is 34.9 Å². The number of hydrogen-bond donors (Lipinski definition) is 2. The largest absolute Gasteiger partial charge is 0.478 e. The van der Waals surface area contributed by atoms with Crippen molar-refractivity contribution in [1.82, 2.24) is 4.90 Å². The Labute approximate surface area is 178 Å². The number of aliphatic hydroxyl groups is 1. The third-order valence-corrected chi connectivity index (χ3v) is 8.72. The van der Waals surface area contributed by atoms with E-state index in [1.165, 1.54) is 37.7 Å². The van der Waals surface area contributed by atoms with Crippen molar-refractivity contribution in [2.75, 3.05) is 13.1 Å². The first-order valence-electron chi connectivity index (χ1n) is 11.7. The average Bonchev–Trinajstić information content (AvgIpc) is 3.66. The highest BCUT2D eigenvalue weighted by molar-refractivity contribution is 5.88. The van der Waals surface area contributed by atoms with Gasteiger partial charge in [0, 0.05) is 13.1 Å². The number of carboxylic acids is 1. The minimum Gasteiger partial charge on any atom is -0.478 e. The first-order valence-corrected chi connectivity index (χ1v) is 11.7. The van der Waals surface area contributed by atoms with Crippen LogP contribution in [-0.4, -0.2) is 45.7 Å². The highest BCUT2D eigenvalue weighted by Crippen LogP contribution is 2.65. The van der Waals surface area contributed by atoms with E-state index in [9.17, 15) is 19.8 Å². The number of amides is 1. The van der Waals surface area contributed by atoms with Gasteiger partial charge in [-0.05, 0) is 111 Å². The Balaban J connectivity index is 1.14. The average molecular weight is 412 g/mol. The van der Waals surface area contributed by atoms with Crippen LogP contribution in [0.1, 0.15) is 85.2 Å². The number of piperidine rings is 1. The van der Waals surface area contributed by atoms with Crippen LogP contribution in [0, 0.1) is 24.2 Å². The van der Waals surface area contributed by atoms with Crippen molar-refractivity contribution >= 4 is 11.9 Å². The maximum absolute atomic E-state index is 12.4. The molecule has 4 aliphatic rings. The van der Waals surface area contributed by atoms with E-state index in [1.807, 2.05) is 24.0 Å². The summed E-state index contributed by atoms with van der Waals surface area (Å²) in [7, 11) is 0. The molecule has 1 atom stereocenters. The van der Waals surface area contributed by atoms with Gasteiger partial charge in [0.1, 0.15) is 5.60 Å². The standard InChI is InChI=1S/C25H33NO4/c1-16-14-19(22(27)28)6-7-20(16)17-2-4-18(5-3-17)21-15-24(21)10-12-26(13-11-24)23(29)25(30)8-9-25/h6-7,14,17-18,21,30H,2-5,8-13,15H2,1H3,(H,27,28)/t17?,18?,21-/m1/s1. The summed E-state index contributed by atoms with van der Waals surface area (Å²) in [6.07, 6.45) is 9.73. The van der Waals surface area contributed by atoms with Gasteiger partial charge in [-0.25, -0.2) is 4.79 Å². The van der Waals surface area contributed by atoms with Crippen LogP contribution in [-0.2, 0) is 4.79 Å². The summed E-state index contributed by atoms with van der Waals surface area (Å²) in [5, 5.41) is 19.3. The topological polar surface area (TPSA) is 77.8 Å². The van der Waals surface area contributed by atoms with E-state index >= 15 is 0 Å². The van der Waals surface area contributed by atoms with Gasteiger partial charge in [0.05, 0.1) is 5.56 Å². The molecule has 0 unspecified atom stereocenters. The van der Waals surface area contributed by atoms with E-state index in [2.05, 4.69) is 0 Å². The van der Waals surface area contributed by atoms with Gasteiger partial charge in [-0.15, -0.1) is 0 Å². The summed E-state index contributed by atoms with van der Waals surface area (Å²) in [6.45, 7) is 3.68. The van der Waals surface area contributed by atoms with Gasteiger partial charge in [-0.3, -0.25) is 4.79 Å². The van der Waals surface area contributed by atoms with Gasteiger partial charge < -0.3 is 15.1 Å². The third-order valence-electron chi connectivity index (χ3n) is 8.72. The molecule has 5 nitrogen and oxygen atoms in total. The zero-order valence-electron chi connectivity index (χ0n) is 17.9. The van der Waals surface area contributed by atoms with E-state index in [4.69, 9.17) is 0 Å². The maximum atomic E-state index is 12.4. The molecule has 1 aromatic carbocycles. The molecule has 4 fully saturated rings. The number of likely N-dealkylation sites (tertiary alicyclic amines) is 1. The molecule has 1 aromatic rings. The molecular weight excluding hydrogens is 378 g/mol. The minimum absolute atomic E-state index is 0.0284. The molecule has 1 amide bonds. The second-order valence-corrected chi connectivity index (χ2v) is 10.5. The number of rotatable bonds is 4. The number of carbonyl (C=O) groups is 2. The van der Waals surface area contributed by atoms with Crippen molar-refractivity contribution in [3.8, 4) is 0 Å². The molecule has 5 rings (SSSR count). The van der Waals surface area contributed by atoms with Crippen LogP contribution in [0.5, 0.6) is 0 Å². The molecule has 2 N–H and O–H groups in total. The lowest BCUT2D eigenvalue weighted by Gasteiger charge is -2.36. The fourth-order valence-electron chi connectivity index (χ4n) is 6.50. The summed E-state index contributed by atoms with van der Waals surface area (Å²) >= 11 is 0. The van der Waals surface area contributed by atoms with Gasteiger partial charge in [-0.2, -0.15) is 0 Å². The number of hydrogen-bond acceptors (Lipinski definition) is 3. The zero-order valence-corrected chi connectivity index (χ0v) is 17.9. The molecule has 1 aliphatic heterocycles. The molecule has 0 aromatic heterocycles. The van der Waals surface area contributed by atoms with Crippen molar-refractivity contribution in [2.45, 2.75) is 76.2 Å². The Kier molecular flexibility index (Phi) is 4.73. The fraction of sp³-hybridized carbons (Fsp3) is 0.680. The van der Waals surface area contributed by atoms with Gasteiger partial charge in [0.25, 0.3) is 5.91 Å². The highest BCUT2D eigenvalue weighted by atomic mass is 16.4. The van der Waals surface area contributed by atoms with Gasteiger partial charge in [0.2, 0.25) is 0 Å². The lowest BCUT2D eigenvalue weighted by atomic mass is 9.73. The van der Waals surface area contributed by atoms with Crippen molar-refractivity contribution in [1.29, 1.82) is 0 Å². The van der Waals surface area contributed by atoms with E-state index in [0.717, 1.165) is 43.3 Å². The van der Waals surface area contributed by atoms with Gasteiger partial charge in [0.15, 0.2) is 0 Å². The Morgan fingerprint density at radius 1 is 1.03 bits per heavy atom. The fourth-order valence-corrected chi connectivity index (χ4v) is 6.50. The molecule has 3 aliphatic carbocycles. The number of benzene rings is 1. The molecule has 1 saturated heterocycles. The van der Waals surface area contributed by atoms with E-state index < -0.39 is 11.6 Å². The van der Waals surface area contributed by atoms with Crippen molar-refractivity contribution in [3.63, 3.8) is 0 Å². The van der Waals surface area contributed by atoms with Crippen LogP contribution in [0.4, 0.5) is 0 Å². The molecule has 30 heavy (non-hydrogen) atoms. The van der Waals surface area contributed by atoms with Crippen LogP contribution in [0.25, 0.3) is 0 Å². The first-order chi connectivity index (χ1) is 14.3. The maximum Gasteiger partial charge on any atom is 0.335 e. The minimum atomic E-state index is -1.02. The lowest BCUT2D eigenvalue weighted by Crippen LogP contribution is -2.45. The predicted molar refractivity (Wildman–Crippen MR) is 113 cm³/mol. The molecule has 162 valence electrons. The number of aromatic carboxylic acids is 1. The van der Waals surface area contributed by atoms with Crippen LogP contribution < -0.4 is 0 Å². The van der Waals surface area contributed by atoms with Crippen LogP contribution in [0.3, 0.4) is 0 Å². The van der Waals surface area contributed by atoms with Crippen LogP contribution >= 0.6 is 0 Å². The quantitative estimate of drug-likeness (QED) is 0.781. The molecule has 0 bridgehead atoms.